The lowest BCUT2D eigenvalue weighted by molar-refractivity contribution is 0.0358. The van der Waals surface area contributed by atoms with E-state index in [-0.39, 0.29) is 24.6 Å². The van der Waals surface area contributed by atoms with Crippen LogP contribution in [-0.2, 0) is 9.47 Å². The lowest BCUT2D eigenvalue weighted by Crippen LogP contribution is -2.37. The van der Waals surface area contributed by atoms with Crippen molar-refractivity contribution < 1.29 is 19.0 Å². The summed E-state index contributed by atoms with van der Waals surface area (Å²) in [5, 5.41) is 2.76. The van der Waals surface area contributed by atoms with Crippen molar-refractivity contribution in [2.75, 3.05) is 68.7 Å². The Balaban J connectivity index is 1.41. The molecule has 3 N–H and O–H groups in total. The van der Waals surface area contributed by atoms with Gasteiger partial charge in [0.25, 0.3) is 0 Å². The summed E-state index contributed by atoms with van der Waals surface area (Å²) in [5.41, 5.74) is 10.6. The highest BCUT2D eigenvalue weighted by atomic mass is 35.5. The van der Waals surface area contributed by atoms with Crippen molar-refractivity contribution in [1.82, 2.24) is 4.90 Å². The summed E-state index contributed by atoms with van der Waals surface area (Å²) >= 11 is 5.59. The van der Waals surface area contributed by atoms with Crippen molar-refractivity contribution in [3.63, 3.8) is 0 Å². The average molecular weight is 503 g/mol. The van der Waals surface area contributed by atoms with E-state index in [2.05, 4.69) is 34.2 Å². The Labute approximate surface area is 212 Å². The maximum absolute atomic E-state index is 12.0. The molecular weight excluding hydrogens is 468 g/mol. The fraction of sp³-hybridized carbons (Fsp3) is 0.500. The number of alkyl halides is 1. The van der Waals surface area contributed by atoms with E-state index in [0.717, 1.165) is 68.4 Å². The Morgan fingerprint density at radius 3 is 2.80 bits per heavy atom. The van der Waals surface area contributed by atoms with Crippen LogP contribution in [0.3, 0.4) is 0 Å². The first-order chi connectivity index (χ1) is 17.1. The molecule has 2 unspecified atom stereocenters. The van der Waals surface area contributed by atoms with Gasteiger partial charge in [0, 0.05) is 43.6 Å². The Morgan fingerprint density at radius 1 is 1.20 bits per heavy atom. The first-order valence-electron chi connectivity index (χ1n) is 12.3. The zero-order valence-corrected chi connectivity index (χ0v) is 21.0. The highest BCUT2D eigenvalue weighted by Crippen LogP contribution is 2.47. The van der Waals surface area contributed by atoms with E-state index < -0.39 is 6.09 Å². The van der Waals surface area contributed by atoms with Crippen LogP contribution >= 0.6 is 11.6 Å². The largest absolute Gasteiger partial charge is 0.493 e. The number of benzene rings is 2. The van der Waals surface area contributed by atoms with Crippen molar-refractivity contribution in [1.29, 1.82) is 0 Å². The van der Waals surface area contributed by atoms with Gasteiger partial charge in [-0.05, 0) is 42.7 Å². The van der Waals surface area contributed by atoms with Gasteiger partial charge < -0.3 is 24.8 Å². The number of anilines is 2. The highest BCUT2D eigenvalue weighted by molar-refractivity contribution is 6.18. The molecule has 0 aliphatic carbocycles. The molecule has 1 fully saturated rings. The summed E-state index contributed by atoms with van der Waals surface area (Å²) < 4.78 is 16.5. The van der Waals surface area contributed by atoms with Crippen LogP contribution in [0.1, 0.15) is 36.6 Å². The number of nitrogens with two attached hydrogens (primary N) is 1. The molecule has 35 heavy (non-hydrogen) atoms. The van der Waals surface area contributed by atoms with Gasteiger partial charge >= 0.3 is 6.09 Å². The molecule has 2 aromatic rings. The van der Waals surface area contributed by atoms with Gasteiger partial charge in [0.1, 0.15) is 12.4 Å². The third-order valence-electron chi connectivity index (χ3n) is 6.46. The summed E-state index contributed by atoms with van der Waals surface area (Å²) in [6, 6.07) is 13.7. The molecule has 0 spiro atoms. The SMILES string of the molecule is CCN1c2cc(OCCCN3CCOCC3)ccc2C(N)C1c1cccc(NC(=O)OCCCl)c1. The smallest absolute Gasteiger partial charge is 0.411 e. The van der Waals surface area contributed by atoms with Gasteiger partial charge in [0.2, 0.25) is 0 Å². The van der Waals surface area contributed by atoms with E-state index in [1.807, 2.05) is 30.3 Å². The summed E-state index contributed by atoms with van der Waals surface area (Å²) in [7, 11) is 0. The fourth-order valence-corrected chi connectivity index (χ4v) is 4.88. The number of hydrogen-bond donors (Lipinski definition) is 2. The normalized spacial score (nSPS) is 19.9. The van der Waals surface area contributed by atoms with E-state index in [9.17, 15) is 4.79 Å². The molecule has 2 aromatic carbocycles. The monoisotopic (exact) mass is 502 g/mol. The first-order valence-corrected chi connectivity index (χ1v) is 12.8. The fourth-order valence-electron chi connectivity index (χ4n) is 4.80. The van der Waals surface area contributed by atoms with Gasteiger partial charge in [-0.25, -0.2) is 4.79 Å². The number of carbonyl (C=O) groups is 1. The molecule has 2 aliphatic heterocycles. The number of fused-ring (bicyclic) bond motifs is 1. The minimum atomic E-state index is -0.524. The molecule has 2 aliphatic rings. The third-order valence-corrected chi connectivity index (χ3v) is 6.62. The Kier molecular flexibility index (Phi) is 9.09. The van der Waals surface area contributed by atoms with E-state index in [1.165, 1.54) is 0 Å². The van der Waals surface area contributed by atoms with E-state index in [0.29, 0.717) is 12.3 Å². The van der Waals surface area contributed by atoms with E-state index in [4.69, 9.17) is 31.5 Å². The number of carbonyl (C=O) groups excluding carboxylic acids is 1. The minimum Gasteiger partial charge on any atom is -0.493 e. The second-order valence-corrected chi connectivity index (χ2v) is 9.09. The number of halogens is 1. The van der Waals surface area contributed by atoms with Gasteiger partial charge in [-0.2, -0.15) is 0 Å². The molecular formula is C26H35ClN4O4. The number of hydrogen-bond acceptors (Lipinski definition) is 7. The molecule has 1 amide bonds. The van der Waals surface area contributed by atoms with Crippen molar-refractivity contribution in [2.45, 2.75) is 25.4 Å². The predicted molar refractivity (Wildman–Crippen MR) is 139 cm³/mol. The zero-order valence-electron chi connectivity index (χ0n) is 20.2. The molecule has 190 valence electrons. The number of morpholine rings is 1. The number of nitrogens with one attached hydrogen (secondary N) is 1. The number of nitrogens with zero attached hydrogens (tertiary/aromatic N) is 2. The lowest BCUT2D eigenvalue weighted by Gasteiger charge is -2.29. The van der Waals surface area contributed by atoms with Crippen LogP contribution in [0.2, 0.25) is 0 Å². The van der Waals surface area contributed by atoms with Crippen LogP contribution < -0.4 is 20.7 Å². The third kappa shape index (κ3) is 6.38. The molecule has 0 aromatic heterocycles. The zero-order chi connectivity index (χ0) is 24.6. The molecule has 8 nitrogen and oxygen atoms in total. The quantitative estimate of drug-likeness (QED) is 0.372. The summed E-state index contributed by atoms with van der Waals surface area (Å²) in [6.07, 6.45) is 0.452. The maximum atomic E-state index is 12.0. The van der Waals surface area contributed by atoms with Crippen molar-refractivity contribution in [3.8, 4) is 5.75 Å². The Bertz CT molecular complexity index is 986. The predicted octanol–water partition coefficient (Wildman–Crippen LogP) is 4.16. The summed E-state index contributed by atoms with van der Waals surface area (Å²) in [6.45, 7) is 8.39. The molecule has 2 atom stereocenters. The highest BCUT2D eigenvalue weighted by Gasteiger charge is 2.37. The number of likely N-dealkylation sites (N-methyl/N-ethyl adjacent to an activating group) is 1. The molecule has 0 saturated carbocycles. The lowest BCUT2D eigenvalue weighted by atomic mass is 9.97. The summed E-state index contributed by atoms with van der Waals surface area (Å²) in [4.78, 5) is 16.7. The molecule has 2 heterocycles. The second-order valence-electron chi connectivity index (χ2n) is 8.71. The van der Waals surface area contributed by atoms with Crippen LogP contribution in [0.25, 0.3) is 0 Å². The van der Waals surface area contributed by atoms with Crippen LogP contribution in [-0.4, -0.2) is 69.5 Å². The van der Waals surface area contributed by atoms with Crippen LogP contribution in [0.5, 0.6) is 5.75 Å². The van der Waals surface area contributed by atoms with Gasteiger partial charge in [-0.3, -0.25) is 10.2 Å². The topological polar surface area (TPSA) is 89.3 Å². The van der Waals surface area contributed by atoms with Crippen molar-refractivity contribution >= 4 is 29.1 Å². The number of amides is 1. The molecule has 1 saturated heterocycles. The number of ether oxygens (including phenoxy) is 3. The minimum absolute atomic E-state index is 0.0489. The standard InChI is InChI=1S/C26H35ClN4O4/c1-2-31-23-18-21(34-13-4-10-30-11-15-33-16-12-30)7-8-22(23)24(28)25(31)19-5-3-6-20(17-19)29-26(32)35-14-9-27/h3,5-8,17-18,24-25H,2,4,9-16,28H2,1H3,(H,29,32). The van der Waals surface area contributed by atoms with E-state index in [1.54, 1.807) is 0 Å². The molecule has 4 rings (SSSR count). The van der Waals surface area contributed by atoms with Gasteiger partial charge in [-0.1, -0.05) is 18.2 Å². The van der Waals surface area contributed by atoms with Gasteiger partial charge in [0.05, 0.1) is 37.8 Å². The number of rotatable bonds is 10. The van der Waals surface area contributed by atoms with Crippen LogP contribution in [0.15, 0.2) is 42.5 Å². The average Bonchev–Trinajstić information content (AvgIpc) is 3.17. The molecule has 0 radical (unpaired) electrons. The van der Waals surface area contributed by atoms with Crippen molar-refractivity contribution in [3.05, 3.63) is 53.6 Å². The van der Waals surface area contributed by atoms with Gasteiger partial charge in [0.15, 0.2) is 0 Å². The van der Waals surface area contributed by atoms with E-state index >= 15 is 0 Å². The Hall–Kier alpha value is -2.52. The van der Waals surface area contributed by atoms with Gasteiger partial charge in [-0.15, -0.1) is 11.6 Å². The van der Waals surface area contributed by atoms with Crippen LogP contribution in [0, 0.1) is 0 Å². The Morgan fingerprint density at radius 2 is 2.03 bits per heavy atom. The first kappa shape index (κ1) is 25.6. The van der Waals surface area contributed by atoms with Crippen molar-refractivity contribution in [2.24, 2.45) is 5.73 Å². The maximum Gasteiger partial charge on any atom is 0.411 e. The second kappa shape index (κ2) is 12.4. The van der Waals surface area contributed by atoms with Crippen LogP contribution in [0.4, 0.5) is 16.2 Å². The molecule has 0 bridgehead atoms. The molecule has 9 heteroatoms. The summed E-state index contributed by atoms with van der Waals surface area (Å²) in [5.74, 6) is 1.11.